The van der Waals surface area contributed by atoms with Crippen LogP contribution in [0.2, 0.25) is 0 Å². The Morgan fingerprint density at radius 2 is 2.11 bits per heavy atom. The Labute approximate surface area is 116 Å². The predicted molar refractivity (Wildman–Crippen MR) is 82.3 cm³/mol. The van der Waals surface area contributed by atoms with Crippen molar-refractivity contribution in [1.29, 1.82) is 0 Å². The minimum Gasteiger partial charge on any atom is -0.365 e. The molecular weight excluding hydrogens is 240 g/mol. The zero-order valence-electron chi connectivity index (χ0n) is 12.0. The minimum absolute atomic E-state index is 0.724. The van der Waals surface area contributed by atoms with E-state index < -0.39 is 0 Å². The fraction of sp³-hybridized carbons (Fsp3) is 0.933. The van der Waals surface area contributed by atoms with Crippen molar-refractivity contribution >= 4 is 16.9 Å². The van der Waals surface area contributed by atoms with Crippen LogP contribution in [0.1, 0.15) is 58.8 Å². The van der Waals surface area contributed by atoms with E-state index in [0.717, 1.165) is 30.2 Å². The van der Waals surface area contributed by atoms with Crippen molar-refractivity contribution < 1.29 is 0 Å². The van der Waals surface area contributed by atoms with Crippen molar-refractivity contribution in [3.8, 4) is 0 Å². The topological polar surface area (TPSA) is 24.4 Å². The largest absolute Gasteiger partial charge is 0.365 e. The van der Waals surface area contributed by atoms with Crippen LogP contribution in [0, 0.1) is 11.8 Å². The van der Waals surface area contributed by atoms with Crippen LogP contribution in [0.15, 0.2) is 4.99 Å². The molecule has 0 aromatic heterocycles. The van der Waals surface area contributed by atoms with Gasteiger partial charge in [-0.1, -0.05) is 51.3 Å². The number of amidine groups is 1. The molecular formula is C15H28N2S. The molecule has 1 unspecified atom stereocenters. The van der Waals surface area contributed by atoms with E-state index in [0.29, 0.717) is 0 Å². The first-order valence-corrected chi connectivity index (χ1v) is 8.57. The molecule has 0 amide bonds. The smallest absolute Gasteiger partial charge is 0.156 e. The molecule has 2 rings (SSSR count). The van der Waals surface area contributed by atoms with Crippen LogP contribution in [0.5, 0.6) is 0 Å². The molecule has 0 saturated heterocycles. The quantitative estimate of drug-likeness (QED) is 0.735. The first-order chi connectivity index (χ1) is 8.74. The molecule has 1 atom stereocenters. The normalized spacial score (nSPS) is 24.8. The number of hydrogen-bond acceptors (Lipinski definition) is 3. The van der Waals surface area contributed by atoms with Gasteiger partial charge in [0.15, 0.2) is 5.17 Å². The molecule has 1 saturated carbocycles. The lowest BCUT2D eigenvalue weighted by molar-refractivity contribution is 0.482. The fourth-order valence-corrected chi connectivity index (χ4v) is 4.33. The summed E-state index contributed by atoms with van der Waals surface area (Å²) in [6, 6.07) is 0. The molecule has 0 radical (unpaired) electrons. The van der Waals surface area contributed by atoms with E-state index in [1.807, 2.05) is 11.8 Å². The predicted octanol–water partition coefficient (Wildman–Crippen LogP) is 4.06. The Hall–Kier alpha value is -0.180. The highest BCUT2D eigenvalue weighted by Gasteiger charge is 2.20. The van der Waals surface area contributed by atoms with Gasteiger partial charge in [0, 0.05) is 11.8 Å². The Bertz CT molecular complexity index is 270. The van der Waals surface area contributed by atoms with E-state index in [1.54, 1.807) is 0 Å². The third-order valence-corrected chi connectivity index (χ3v) is 5.16. The number of hydrogen-bond donors (Lipinski definition) is 1. The summed E-state index contributed by atoms with van der Waals surface area (Å²) in [6.07, 6.45) is 9.92. The summed E-state index contributed by atoms with van der Waals surface area (Å²) in [6.45, 7) is 6.74. The second-order valence-electron chi connectivity index (χ2n) is 6.23. The molecule has 2 aliphatic rings. The van der Waals surface area contributed by atoms with Crippen LogP contribution in [0.4, 0.5) is 0 Å². The van der Waals surface area contributed by atoms with Gasteiger partial charge in [0.2, 0.25) is 0 Å². The molecule has 104 valence electrons. The second-order valence-corrected chi connectivity index (χ2v) is 7.52. The van der Waals surface area contributed by atoms with Crippen molar-refractivity contribution in [2.45, 2.75) is 64.0 Å². The standard InChI is InChI=1S/C15H28N2S/c1-12(2)10-14-11-17-15(18-14)16-9-5-8-13-6-3-4-7-13/h12-14H,3-11H2,1-2H3,(H,16,17). The molecule has 18 heavy (non-hydrogen) atoms. The van der Waals surface area contributed by atoms with E-state index in [1.165, 1.54) is 50.1 Å². The number of nitrogens with zero attached hydrogens (tertiary/aromatic N) is 1. The maximum atomic E-state index is 4.61. The summed E-state index contributed by atoms with van der Waals surface area (Å²) < 4.78 is 0. The molecule has 0 spiro atoms. The second kappa shape index (κ2) is 7.42. The lowest BCUT2D eigenvalue weighted by Gasteiger charge is -2.12. The molecule has 0 bridgehead atoms. The summed E-state index contributed by atoms with van der Waals surface area (Å²) in [7, 11) is 0. The first kappa shape index (κ1) is 14.2. The Morgan fingerprint density at radius 3 is 2.83 bits per heavy atom. The van der Waals surface area contributed by atoms with Gasteiger partial charge in [0.1, 0.15) is 0 Å². The third kappa shape index (κ3) is 4.83. The van der Waals surface area contributed by atoms with Crippen molar-refractivity contribution in [1.82, 2.24) is 5.32 Å². The van der Waals surface area contributed by atoms with E-state index in [4.69, 9.17) is 0 Å². The van der Waals surface area contributed by atoms with Crippen molar-refractivity contribution in [2.24, 2.45) is 16.8 Å². The molecule has 3 heteroatoms. The average molecular weight is 268 g/mol. The Morgan fingerprint density at radius 1 is 1.33 bits per heavy atom. The maximum absolute atomic E-state index is 4.61. The summed E-state index contributed by atoms with van der Waals surface area (Å²) in [5.74, 6) is 1.82. The van der Waals surface area contributed by atoms with Gasteiger partial charge < -0.3 is 5.32 Å². The average Bonchev–Trinajstić information content (AvgIpc) is 2.95. The van der Waals surface area contributed by atoms with Crippen LogP contribution in [0.3, 0.4) is 0 Å². The minimum atomic E-state index is 0.724. The van der Waals surface area contributed by atoms with Crippen LogP contribution in [-0.4, -0.2) is 23.5 Å². The molecule has 1 heterocycles. The summed E-state index contributed by atoms with van der Waals surface area (Å²) >= 11 is 1.96. The molecule has 1 aliphatic heterocycles. The Balaban J connectivity index is 1.52. The van der Waals surface area contributed by atoms with Crippen LogP contribution >= 0.6 is 11.8 Å². The van der Waals surface area contributed by atoms with Gasteiger partial charge in [0.25, 0.3) is 0 Å². The monoisotopic (exact) mass is 268 g/mol. The summed E-state index contributed by atoms with van der Waals surface area (Å²) in [5, 5.41) is 5.45. The van der Waals surface area contributed by atoms with Gasteiger partial charge in [0.05, 0.1) is 6.54 Å². The maximum Gasteiger partial charge on any atom is 0.156 e. The fourth-order valence-electron chi connectivity index (χ4n) is 3.05. The van der Waals surface area contributed by atoms with Crippen molar-refractivity contribution in [3.63, 3.8) is 0 Å². The van der Waals surface area contributed by atoms with E-state index in [9.17, 15) is 0 Å². The lowest BCUT2D eigenvalue weighted by atomic mass is 10.0. The van der Waals surface area contributed by atoms with Gasteiger partial charge in [-0.3, -0.25) is 4.99 Å². The molecule has 2 nitrogen and oxygen atoms in total. The van der Waals surface area contributed by atoms with E-state index in [2.05, 4.69) is 24.2 Å². The van der Waals surface area contributed by atoms with Gasteiger partial charge >= 0.3 is 0 Å². The highest BCUT2D eigenvalue weighted by Crippen LogP contribution is 2.28. The zero-order chi connectivity index (χ0) is 12.8. The number of rotatable bonds is 6. The van der Waals surface area contributed by atoms with Crippen LogP contribution in [-0.2, 0) is 0 Å². The summed E-state index contributed by atoms with van der Waals surface area (Å²) in [4.78, 5) is 4.61. The number of nitrogens with one attached hydrogen (secondary N) is 1. The van der Waals surface area contributed by atoms with Crippen molar-refractivity contribution in [2.75, 3.05) is 13.1 Å². The lowest BCUT2D eigenvalue weighted by Crippen LogP contribution is -2.21. The van der Waals surface area contributed by atoms with Gasteiger partial charge in [-0.15, -0.1) is 0 Å². The van der Waals surface area contributed by atoms with Crippen LogP contribution in [0.25, 0.3) is 0 Å². The molecule has 0 aromatic rings. The molecule has 0 aromatic carbocycles. The van der Waals surface area contributed by atoms with Gasteiger partial charge in [-0.2, -0.15) is 0 Å². The highest BCUT2D eigenvalue weighted by molar-refractivity contribution is 8.14. The van der Waals surface area contributed by atoms with Gasteiger partial charge in [-0.25, -0.2) is 0 Å². The van der Waals surface area contributed by atoms with E-state index >= 15 is 0 Å². The highest BCUT2D eigenvalue weighted by atomic mass is 32.2. The number of thioether (sulfide) groups is 1. The van der Waals surface area contributed by atoms with Gasteiger partial charge in [-0.05, 0) is 31.1 Å². The number of aliphatic imine (C=N–C) groups is 1. The van der Waals surface area contributed by atoms with Crippen LogP contribution < -0.4 is 5.32 Å². The third-order valence-electron chi connectivity index (χ3n) is 3.99. The first-order valence-electron chi connectivity index (χ1n) is 7.69. The zero-order valence-corrected chi connectivity index (χ0v) is 12.8. The molecule has 1 aliphatic carbocycles. The summed E-state index contributed by atoms with van der Waals surface area (Å²) in [5.41, 5.74) is 0. The Kier molecular flexibility index (Phi) is 5.87. The molecule has 1 N–H and O–H groups in total. The van der Waals surface area contributed by atoms with E-state index in [-0.39, 0.29) is 0 Å². The molecule has 1 fully saturated rings. The SMILES string of the molecule is CC(C)CC1CN=C(NCCCC2CCCC2)S1. The van der Waals surface area contributed by atoms with Crippen molar-refractivity contribution in [3.05, 3.63) is 0 Å².